The third-order valence-corrected chi connectivity index (χ3v) is 6.49. The van der Waals surface area contributed by atoms with Gasteiger partial charge in [0.05, 0.1) is 25.5 Å². The van der Waals surface area contributed by atoms with Crippen LogP contribution in [0.15, 0.2) is 54.1 Å². The normalized spacial score (nSPS) is 17.2. The van der Waals surface area contributed by atoms with E-state index < -0.39 is 35.3 Å². The molecule has 2 aromatic carbocycles. The molecule has 1 unspecified atom stereocenters. The second kappa shape index (κ2) is 9.06. The molecule has 1 saturated heterocycles. The lowest BCUT2D eigenvalue weighted by atomic mass is 9.95. The number of aliphatic hydroxyl groups is 1. The van der Waals surface area contributed by atoms with Gasteiger partial charge >= 0.3 is 11.9 Å². The fourth-order valence-corrected chi connectivity index (χ4v) is 4.73. The van der Waals surface area contributed by atoms with Crippen molar-refractivity contribution in [2.45, 2.75) is 13.0 Å². The number of ether oxygens (including phenoxy) is 2. The molecule has 1 fully saturated rings. The van der Waals surface area contributed by atoms with E-state index in [4.69, 9.17) is 9.47 Å². The second-order valence-corrected chi connectivity index (χ2v) is 8.30. The number of aliphatic hydroxyl groups excluding tert-OH is 1. The van der Waals surface area contributed by atoms with E-state index in [0.29, 0.717) is 5.75 Å². The average molecular weight is 482 g/mol. The molecule has 0 radical (unpaired) electrons. The first-order chi connectivity index (χ1) is 16.3. The predicted molar refractivity (Wildman–Crippen MR) is 122 cm³/mol. The zero-order valence-corrected chi connectivity index (χ0v) is 19.2. The van der Waals surface area contributed by atoms with Crippen molar-refractivity contribution in [3.8, 4) is 5.75 Å². The number of hydrogen-bond acceptors (Lipinski definition) is 8. The third-order valence-electron chi connectivity index (χ3n) is 5.35. The van der Waals surface area contributed by atoms with Crippen molar-refractivity contribution in [2.24, 2.45) is 0 Å². The molecule has 34 heavy (non-hydrogen) atoms. The van der Waals surface area contributed by atoms with Gasteiger partial charge in [0.1, 0.15) is 28.2 Å². The Labute approximate surface area is 197 Å². The van der Waals surface area contributed by atoms with Crippen LogP contribution in [0.4, 0.5) is 9.52 Å². The van der Waals surface area contributed by atoms with Crippen molar-refractivity contribution in [3.05, 3.63) is 81.6 Å². The van der Waals surface area contributed by atoms with Gasteiger partial charge in [-0.1, -0.05) is 41.7 Å². The quantitative estimate of drug-likeness (QED) is 0.253. The van der Waals surface area contributed by atoms with Gasteiger partial charge in [-0.15, -0.1) is 0 Å². The van der Waals surface area contributed by atoms with Crippen LogP contribution in [0, 0.1) is 12.7 Å². The predicted octanol–water partition coefficient (Wildman–Crippen LogP) is 4.01. The molecule has 3 aromatic rings. The molecule has 4 rings (SSSR count). The van der Waals surface area contributed by atoms with Crippen LogP contribution in [0.1, 0.15) is 32.5 Å². The molecule has 10 heteroatoms. The van der Waals surface area contributed by atoms with E-state index in [1.165, 1.54) is 44.6 Å². The van der Waals surface area contributed by atoms with Gasteiger partial charge in [0.2, 0.25) is 0 Å². The first-order valence-electron chi connectivity index (χ1n) is 10.0. The number of Topliss-reactive ketones (excluding diaryl/α,β-unsaturated/α-hetero) is 1. The van der Waals surface area contributed by atoms with Crippen LogP contribution in [0.25, 0.3) is 5.76 Å². The molecule has 2 heterocycles. The molecule has 0 aliphatic carbocycles. The molecule has 1 aromatic heterocycles. The summed E-state index contributed by atoms with van der Waals surface area (Å²) in [5, 5.41) is 11.1. The monoisotopic (exact) mass is 482 g/mol. The maximum atomic E-state index is 14.9. The molecule has 1 atom stereocenters. The highest BCUT2D eigenvalue weighted by Crippen LogP contribution is 2.44. The Morgan fingerprint density at radius 3 is 2.56 bits per heavy atom. The van der Waals surface area contributed by atoms with E-state index in [9.17, 15) is 23.9 Å². The topological polar surface area (TPSA) is 106 Å². The number of nitrogens with zero attached hydrogens (tertiary/aromatic N) is 2. The molecule has 0 saturated carbocycles. The molecule has 1 N–H and O–H groups in total. The van der Waals surface area contributed by atoms with Crippen LogP contribution in [-0.2, 0) is 14.3 Å². The minimum atomic E-state index is -1.32. The highest BCUT2D eigenvalue weighted by Gasteiger charge is 2.49. The number of halogens is 1. The average Bonchev–Trinajstić information content (AvgIpc) is 3.35. The Morgan fingerprint density at radius 2 is 1.88 bits per heavy atom. The first-order valence-corrected chi connectivity index (χ1v) is 10.9. The summed E-state index contributed by atoms with van der Waals surface area (Å²) in [7, 11) is 2.65. The summed E-state index contributed by atoms with van der Waals surface area (Å²) in [6, 6.07) is 10.6. The highest BCUT2D eigenvalue weighted by atomic mass is 32.1. The number of aromatic nitrogens is 1. The van der Waals surface area contributed by atoms with Gasteiger partial charge in [0, 0.05) is 11.1 Å². The minimum Gasteiger partial charge on any atom is -0.507 e. The smallest absolute Gasteiger partial charge is 0.350 e. The molecule has 8 nitrogen and oxygen atoms in total. The number of methoxy groups -OCH3 is 2. The summed E-state index contributed by atoms with van der Waals surface area (Å²) in [5.41, 5.74) is 0.174. The summed E-state index contributed by atoms with van der Waals surface area (Å²) in [5.74, 6) is -3.44. The van der Waals surface area contributed by atoms with Gasteiger partial charge in [0.15, 0.2) is 5.13 Å². The molecule has 1 aliphatic heterocycles. The van der Waals surface area contributed by atoms with Crippen molar-refractivity contribution in [2.75, 3.05) is 19.1 Å². The van der Waals surface area contributed by atoms with Gasteiger partial charge < -0.3 is 14.6 Å². The lowest BCUT2D eigenvalue weighted by molar-refractivity contribution is -0.132. The van der Waals surface area contributed by atoms with E-state index in [-0.39, 0.29) is 32.4 Å². The van der Waals surface area contributed by atoms with Crippen LogP contribution < -0.4 is 9.64 Å². The number of aryl methyl sites for hydroxylation is 1. The largest absolute Gasteiger partial charge is 0.507 e. The maximum Gasteiger partial charge on any atom is 0.350 e. The summed E-state index contributed by atoms with van der Waals surface area (Å²) >= 11 is 0.836. The second-order valence-electron chi connectivity index (χ2n) is 7.33. The van der Waals surface area contributed by atoms with Crippen molar-refractivity contribution in [1.82, 2.24) is 4.98 Å². The van der Waals surface area contributed by atoms with Crippen LogP contribution in [0.5, 0.6) is 5.75 Å². The van der Waals surface area contributed by atoms with Gasteiger partial charge in [-0.3, -0.25) is 14.5 Å². The first kappa shape index (κ1) is 23.1. The standard InChI is InChI=1S/C24H19FN2O6S/c1-12-21(23(31)33-3)34-24(26-12)27-18(15-9-4-5-10-16(15)25)17(20(29)22(27)30)19(28)13-7-6-8-14(11-13)32-2/h4-11,18,28H,1-3H3/b19-17+. The summed E-state index contributed by atoms with van der Waals surface area (Å²) in [6.45, 7) is 1.55. The van der Waals surface area contributed by atoms with Gasteiger partial charge in [-0.2, -0.15) is 0 Å². The van der Waals surface area contributed by atoms with E-state index in [2.05, 4.69) is 4.98 Å². The SMILES string of the molecule is COC(=O)c1sc(N2C(=O)C(=O)/C(=C(/O)c3cccc(OC)c3)C2c2ccccc2F)nc1C. The minimum absolute atomic E-state index is 0.00190. The lowest BCUT2D eigenvalue weighted by Gasteiger charge is -2.23. The number of carbonyl (C=O) groups is 3. The number of anilines is 1. The zero-order chi connectivity index (χ0) is 24.6. The molecule has 0 spiro atoms. The summed E-state index contributed by atoms with van der Waals surface area (Å²) in [6.07, 6.45) is 0. The number of ketones is 1. The third kappa shape index (κ3) is 3.81. The van der Waals surface area contributed by atoms with E-state index in [1.54, 1.807) is 25.1 Å². The van der Waals surface area contributed by atoms with Crippen molar-refractivity contribution in [3.63, 3.8) is 0 Å². The van der Waals surface area contributed by atoms with Gasteiger partial charge in [-0.25, -0.2) is 14.2 Å². The number of benzene rings is 2. The highest BCUT2D eigenvalue weighted by molar-refractivity contribution is 7.17. The molecule has 1 amide bonds. The number of esters is 1. The molecule has 1 aliphatic rings. The van der Waals surface area contributed by atoms with Crippen LogP contribution in [-0.4, -0.2) is 42.0 Å². The van der Waals surface area contributed by atoms with E-state index in [0.717, 1.165) is 16.2 Å². The summed E-state index contributed by atoms with van der Waals surface area (Å²) < 4.78 is 24.9. The number of thiazole rings is 1. The number of rotatable bonds is 5. The fraction of sp³-hybridized carbons (Fsp3) is 0.167. The molecular formula is C24H19FN2O6S. The number of amides is 1. The maximum absolute atomic E-state index is 14.9. The Morgan fingerprint density at radius 1 is 1.15 bits per heavy atom. The summed E-state index contributed by atoms with van der Waals surface area (Å²) in [4.78, 5) is 43.8. The van der Waals surface area contributed by atoms with E-state index >= 15 is 0 Å². The van der Waals surface area contributed by atoms with E-state index in [1.807, 2.05) is 0 Å². The number of hydrogen-bond donors (Lipinski definition) is 1. The van der Waals surface area contributed by atoms with Crippen molar-refractivity contribution >= 4 is 39.9 Å². The zero-order valence-electron chi connectivity index (χ0n) is 18.4. The Hall–Kier alpha value is -4.05. The lowest BCUT2D eigenvalue weighted by Crippen LogP contribution is -2.29. The fourth-order valence-electron chi connectivity index (χ4n) is 3.71. The Bertz CT molecular complexity index is 1350. The number of carbonyl (C=O) groups excluding carboxylic acids is 3. The van der Waals surface area contributed by atoms with Crippen molar-refractivity contribution < 1.29 is 33.4 Å². The van der Waals surface area contributed by atoms with Crippen molar-refractivity contribution in [1.29, 1.82) is 0 Å². The van der Waals surface area contributed by atoms with Crippen LogP contribution in [0.2, 0.25) is 0 Å². The Kier molecular flexibility index (Phi) is 6.16. The van der Waals surface area contributed by atoms with Gasteiger partial charge in [0.25, 0.3) is 5.78 Å². The molecule has 0 bridgehead atoms. The molecular weight excluding hydrogens is 463 g/mol. The van der Waals surface area contributed by atoms with Gasteiger partial charge in [-0.05, 0) is 25.1 Å². The molecule has 174 valence electrons. The Balaban J connectivity index is 1.96. The van der Waals surface area contributed by atoms with Crippen LogP contribution >= 0.6 is 11.3 Å². The van der Waals surface area contributed by atoms with Crippen LogP contribution in [0.3, 0.4) is 0 Å².